The van der Waals surface area contributed by atoms with Gasteiger partial charge >= 0.3 is 0 Å². The highest BCUT2D eigenvalue weighted by Crippen LogP contribution is 2.17. The van der Waals surface area contributed by atoms with Crippen LogP contribution in [0.1, 0.15) is 26.2 Å². The molecule has 0 aliphatic heterocycles. The van der Waals surface area contributed by atoms with E-state index in [9.17, 15) is 5.11 Å². The predicted octanol–water partition coefficient (Wildman–Crippen LogP) is 0.541. The summed E-state index contributed by atoms with van der Waals surface area (Å²) in [5.74, 6) is 0. The molecule has 0 bridgehead atoms. The summed E-state index contributed by atoms with van der Waals surface area (Å²) in [6.07, 6.45) is 3.44. The van der Waals surface area contributed by atoms with Gasteiger partial charge in [-0.25, -0.2) is 0 Å². The van der Waals surface area contributed by atoms with E-state index in [0.717, 1.165) is 0 Å². The van der Waals surface area contributed by atoms with Gasteiger partial charge in [-0.05, 0) is 19.8 Å². The molecule has 0 amide bonds. The first-order valence-electron chi connectivity index (χ1n) is 5.74. The van der Waals surface area contributed by atoms with Gasteiger partial charge in [0.2, 0.25) is 0 Å². The number of rotatable bonds is 8. The normalized spacial score (nSPS) is 21.0. The summed E-state index contributed by atoms with van der Waals surface area (Å²) in [4.78, 5) is 0. The molecule has 4 nitrogen and oxygen atoms in total. The number of nitrogens with one attached hydrogen (secondary N) is 1. The van der Waals surface area contributed by atoms with E-state index in [1.807, 2.05) is 6.92 Å². The van der Waals surface area contributed by atoms with Gasteiger partial charge in [0.05, 0.1) is 25.4 Å². The SMILES string of the molecule is COCC(C)OCC(O)CNC1CCC1. The van der Waals surface area contributed by atoms with Crippen LogP contribution in [0.4, 0.5) is 0 Å². The molecule has 0 aromatic carbocycles. The zero-order valence-corrected chi connectivity index (χ0v) is 9.74. The molecular formula is C11H23NO3. The molecule has 2 N–H and O–H groups in total. The van der Waals surface area contributed by atoms with Crippen molar-refractivity contribution in [2.45, 2.75) is 44.4 Å². The Labute approximate surface area is 92.0 Å². The summed E-state index contributed by atoms with van der Waals surface area (Å²) in [5, 5.41) is 12.9. The van der Waals surface area contributed by atoms with Crippen molar-refractivity contribution in [3.63, 3.8) is 0 Å². The molecule has 4 heteroatoms. The van der Waals surface area contributed by atoms with E-state index in [0.29, 0.717) is 25.8 Å². The Morgan fingerprint density at radius 3 is 2.67 bits per heavy atom. The summed E-state index contributed by atoms with van der Waals surface area (Å²) in [7, 11) is 1.65. The van der Waals surface area contributed by atoms with Gasteiger partial charge in [0.1, 0.15) is 0 Å². The van der Waals surface area contributed by atoms with Gasteiger partial charge < -0.3 is 19.9 Å². The second-order valence-electron chi connectivity index (χ2n) is 4.29. The molecule has 1 rings (SSSR count). The van der Waals surface area contributed by atoms with Gasteiger partial charge in [0.15, 0.2) is 0 Å². The fourth-order valence-corrected chi connectivity index (χ4v) is 1.53. The maximum Gasteiger partial charge on any atom is 0.0897 e. The quantitative estimate of drug-likeness (QED) is 0.623. The van der Waals surface area contributed by atoms with E-state index >= 15 is 0 Å². The summed E-state index contributed by atoms with van der Waals surface area (Å²) in [6.45, 7) is 3.52. The molecule has 1 aliphatic carbocycles. The maximum absolute atomic E-state index is 9.61. The number of methoxy groups -OCH3 is 1. The Morgan fingerprint density at radius 2 is 2.13 bits per heavy atom. The fraction of sp³-hybridized carbons (Fsp3) is 1.00. The summed E-state index contributed by atoms with van der Waals surface area (Å²) < 4.78 is 10.4. The third-order valence-electron chi connectivity index (χ3n) is 2.72. The molecule has 0 aromatic rings. The molecule has 2 unspecified atom stereocenters. The van der Waals surface area contributed by atoms with E-state index in [-0.39, 0.29) is 6.10 Å². The van der Waals surface area contributed by atoms with Crippen LogP contribution in [-0.4, -0.2) is 50.2 Å². The van der Waals surface area contributed by atoms with Crippen LogP contribution in [0.25, 0.3) is 0 Å². The Balaban J connectivity index is 1.94. The first kappa shape index (κ1) is 12.9. The van der Waals surface area contributed by atoms with Crippen LogP contribution < -0.4 is 5.32 Å². The van der Waals surface area contributed by atoms with Gasteiger partial charge in [0, 0.05) is 19.7 Å². The van der Waals surface area contributed by atoms with Crippen LogP contribution in [0, 0.1) is 0 Å². The lowest BCUT2D eigenvalue weighted by molar-refractivity contribution is -0.0320. The first-order valence-corrected chi connectivity index (χ1v) is 5.74. The minimum absolute atomic E-state index is 0.0494. The minimum Gasteiger partial charge on any atom is -0.389 e. The van der Waals surface area contributed by atoms with Crippen LogP contribution in [0.5, 0.6) is 0 Å². The zero-order chi connectivity index (χ0) is 11.1. The van der Waals surface area contributed by atoms with Crippen LogP contribution in [0.2, 0.25) is 0 Å². The second-order valence-corrected chi connectivity index (χ2v) is 4.29. The van der Waals surface area contributed by atoms with Crippen LogP contribution in [0.3, 0.4) is 0 Å². The smallest absolute Gasteiger partial charge is 0.0897 e. The largest absolute Gasteiger partial charge is 0.389 e. The first-order chi connectivity index (χ1) is 7.22. The molecule has 0 saturated heterocycles. The Hall–Kier alpha value is -0.160. The highest BCUT2D eigenvalue weighted by atomic mass is 16.5. The Bertz CT molecular complexity index is 162. The third kappa shape index (κ3) is 5.47. The minimum atomic E-state index is -0.412. The van der Waals surface area contributed by atoms with Gasteiger partial charge in [-0.1, -0.05) is 6.42 Å². The molecule has 0 aromatic heterocycles. The number of aliphatic hydroxyl groups excluding tert-OH is 1. The van der Waals surface area contributed by atoms with Gasteiger partial charge in [-0.3, -0.25) is 0 Å². The van der Waals surface area contributed by atoms with Gasteiger partial charge in [-0.15, -0.1) is 0 Å². The number of ether oxygens (including phenoxy) is 2. The van der Waals surface area contributed by atoms with E-state index in [2.05, 4.69) is 5.32 Å². The third-order valence-corrected chi connectivity index (χ3v) is 2.72. The average Bonchev–Trinajstić information content (AvgIpc) is 2.13. The summed E-state index contributed by atoms with van der Waals surface area (Å²) in [6, 6.07) is 0.621. The zero-order valence-electron chi connectivity index (χ0n) is 9.74. The fourth-order valence-electron chi connectivity index (χ4n) is 1.53. The van der Waals surface area contributed by atoms with Gasteiger partial charge in [0.25, 0.3) is 0 Å². The standard InChI is InChI=1S/C11H23NO3/c1-9(7-14-2)15-8-11(13)6-12-10-4-3-5-10/h9-13H,3-8H2,1-2H3. The van der Waals surface area contributed by atoms with Crippen molar-refractivity contribution in [2.75, 3.05) is 26.9 Å². The molecule has 1 aliphatic rings. The van der Waals surface area contributed by atoms with Crippen molar-refractivity contribution >= 4 is 0 Å². The summed E-state index contributed by atoms with van der Waals surface area (Å²) >= 11 is 0. The Morgan fingerprint density at radius 1 is 1.40 bits per heavy atom. The van der Waals surface area contributed by atoms with Crippen LogP contribution in [0.15, 0.2) is 0 Å². The second kappa shape index (κ2) is 7.17. The highest BCUT2D eigenvalue weighted by molar-refractivity contribution is 4.77. The lowest BCUT2D eigenvalue weighted by atomic mass is 9.93. The maximum atomic E-state index is 9.61. The molecule has 1 saturated carbocycles. The van der Waals surface area contributed by atoms with Crippen LogP contribution in [-0.2, 0) is 9.47 Å². The summed E-state index contributed by atoms with van der Waals surface area (Å²) in [5.41, 5.74) is 0. The molecular weight excluding hydrogens is 194 g/mol. The van der Waals surface area contributed by atoms with Crippen molar-refractivity contribution in [2.24, 2.45) is 0 Å². The molecule has 90 valence electrons. The van der Waals surface area contributed by atoms with E-state index in [4.69, 9.17) is 9.47 Å². The molecule has 0 spiro atoms. The van der Waals surface area contributed by atoms with Crippen molar-refractivity contribution < 1.29 is 14.6 Å². The molecule has 0 radical (unpaired) electrons. The number of hydrogen-bond donors (Lipinski definition) is 2. The lowest BCUT2D eigenvalue weighted by Crippen LogP contribution is -2.41. The predicted molar refractivity (Wildman–Crippen MR) is 58.9 cm³/mol. The molecule has 2 atom stereocenters. The van der Waals surface area contributed by atoms with E-state index in [1.54, 1.807) is 7.11 Å². The van der Waals surface area contributed by atoms with Crippen molar-refractivity contribution in [1.82, 2.24) is 5.32 Å². The number of hydrogen-bond acceptors (Lipinski definition) is 4. The van der Waals surface area contributed by atoms with Crippen molar-refractivity contribution in [3.8, 4) is 0 Å². The molecule has 15 heavy (non-hydrogen) atoms. The number of aliphatic hydroxyl groups is 1. The monoisotopic (exact) mass is 217 g/mol. The topological polar surface area (TPSA) is 50.7 Å². The Kier molecular flexibility index (Phi) is 6.17. The molecule has 0 heterocycles. The van der Waals surface area contributed by atoms with E-state index in [1.165, 1.54) is 19.3 Å². The van der Waals surface area contributed by atoms with Crippen molar-refractivity contribution in [1.29, 1.82) is 0 Å². The molecule has 1 fully saturated rings. The average molecular weight is 217 g/mol. The van der Waals surface area contributed by atoms with Gasteiger partial charge in [-0.2, -0.15) is 0 Å². The highest BCUT2D eigenvalue weighted by Gasteiger charge is 2.17. The van der Waals surface area contributed by atoms with E-state index < -0.39 is 6.10 Å². The van der Waals surface area contributed by atoms with Crippen molar-refractivity contribution in [3.05, 3.63) is 0 Å². The lowest BCUT2D eigenvalue weighted by Gasteiger charge is -2.27. The van der Waals surface area contributed by atoms with Crippen LogP contribution >= 0.6 is 0 Å².